The first kappa shape index (κ1) is 10.2. The Morgan fingerprint density at radius 3 is 2.58 bits per heavy atom. The third-order valence-electron chi connectivity index (χ3n) is 1.98. The van der Waals surface area contributed by atoms with Crippen LogP contribution in [0.5, 0.6) is 0 Å². The molecule has 2 nitrogen and oxygen atoms in total. The average Bonchev–Trinajstić information content (AvgIpc) is 2.02. The highest BCUT2D eigenvalue weighted by molar-refractivity contribution is 6.29. The van der Waals surface area contributed by atoms with E-state index in [1.54, 1.807) is 0 Å². The second-order valence-electron chi connectivity index (χ2n) is 4.41. The summed E-state index contributed by atoms with van der Waals surface area (Å²) in [6, 6.07) is 0. The van der Waals surface area contributed by atoms with Crippen molar-refractivity contribution in [1.82, 2.24) is 0 Å². The van der Waals surface area contributed by atoms with Gasteiger partial charge in [0.15, 0.2) is 9.76 Å². The molecule has 0 spiro atoms. The minimum Gasteiger partial charge on any atom is -0.417 e. The van der Waals surface area contributed by atoms with Crippen LogP contribution in [-0.4, -0.2) is 27.7 Å². The van der Waals surface area contributed by atoms with Crippen molar-refractivity contribution < 1.29 is 9.16 Å². The zero-order valence-electron chi connectivity index (χ0n) is 8.43. The second kappa shape index (κ2) is 4.39. The molecule has 0 amide bonds. The van der Waals surface area contributed by atoms with Gasteiger partial charge in [-0.3, -0.25) is 0 Å². The first-order valence-corrected chi connectivity index (χ1v) is 6.23. The molecule has 1 saturated heterocycles. The molecule has 1 heterocycles. The summed E-state index contributed by atoms with van der Waals surface area (Å²) in [5, 5.41) is 0. The van der Waals surface area contributed by atoms with Crippen LogP contribution in [0.1, 0.15) is 40.0 Å². The van der Waals surface area contributed by atoms with Crippen molar-refractivity contribution in [3.8, 4) is 0 Å². The fourth-order valence-corrected chi connectivity index (χ4v) is 2.69. The Morgan fingerprint density at radius 2 is 2.08 bits per heavy atom. The van der Waals surface area contributed by atoms with Gasteiger partial charge in [0.1, 0.15) is 0 Å². The molecule has 1 aliphatic rings. The highest BCUT2D eigenvalue weighted by Gasteiger charge is 2.18. The number of hydrogen-bond acceptors (Lipinski definition) is 2. The van der Waals surface area contributed by atoms with Gasteiger partial charge in [-0.05, 0) is 40.0 Å². The van der Waals surface area contributed by atoms with Crippen molar-refractivity contribution in [2.45, 2.75) is 51.4 Å². The Bertz CT molecular complexity index is 125. The van der Waals surface area contributed by atoms with Crippen molar-refractivity contribution in [2.24, 2.45) is 0 Å². The highest BCUT2D eigenvalue weighted by Crippen LogP contribution is 2.14. The summed E-state index contributed by atoms with van der Waals surface area (Å²) < 4.78 is 11.4. The van der Waals surface area contributed by atoms with Gasteiger partial charge in [0, 0.05) is 12.2 Å². The van der Waals surface area contributed by atoms with Gasteiger partial charge in [-0.1, -0.05) is 0 Å². The third kappa shape index (κ3) is 4.23. The molecular formula is C9H20O2Si. The van der Waals surface area contributed by atoms with Crippen LogP contribution in [0.2, 0.25) is 0 Å². The molecule has 1 unspecified atom stereocenters. The van der Waals surface area contributed by atoms with E-state index in [0.717, 1.165) is 6.61 Å². The summed E-state index contributed by atoms with van der Waals surface area (Å²) in [7, 11) is -0.461. The summed E-state index contributed by atoms with van der Waals surface area (Å²) >= 11 is 0. The fraction of sp³-hybridized carbons (Fsp3) is 1.00. The van der Waals surface area contributed by atoms with E-state index >= 15 is 0 Å². The standard InChI is InChI=1S/C9H20O2Si/c1-9(2,3)11-12-8-6-4-5-7-10-8/h8H,4-7,12H2,1-3H3. The quantitative estimate of drug-likeness (QED) is 0.610. The lowest BCUT2D eigenvalue weighted by Gasteiger charge is -2.26. The van der Waals surface area contributed by atoms with Crippen molar-refractivity contribution in [3.63, 3.8) is 0 Å². The molecule has 0 aromatic rings. The van der Waals surface area contributed by atoms with Crippen molar-refractivity contribution in [2.75, 3.05) is 6.61 Å². The second-order valence-corrected chi connectivity index (χ2v) is 5.94. The minimum absolute atomic E-state index is 0.0348. The van der Waals surface area contributed by atoms with Gasteiger partial charge in [0.05, 0.1) is 5.73 Å². The van der Waals surface area contributed by atoms with E-state index in [4.69, 9.17) is 9.16 Å². The molecule has 0 aliphatic carbocycles. The molecule has 1 atom stereocenters. The molecular weight excluding hydrogens is 168 g/mol. The van der Waals surface area contributed by atoms with E-state index in [9.17, 15) is 0 Å². The lowest BCUT2D eigenvalue weighted by molar-refractivity contribution is 0.0408. The average molecular weight is 188 g/mol. The van der Waals surface area contributed by atoms with E-state index in [1.165, 1.54) is 19.3 Å². The topological polar surface area (TPSA) is 18.5 Å². The molecule has 0 aromatic carbocycles. The molecule has 0 saturated carbocycles. The molecule has 1 aliphatic heterocycles. The molecule has 0 aromatic heterocycles. The van der Waals surface area contributed by atoms with E-state index in [0.29, 0.717) is 5.73 Å². The van der Waals surface area contributed by atoms with Crippen molar-refractivity contribution in [1.29, 1.82) is 0 Å². The maximum absolute atomic E-state index is 5.78. The predicted octanol–water partition coefficient (Wildman–Crippen LogP) is 1.41. The molecule has 0 radical (unpaired) electrons. The Hall–Kier alpha value is 0.137. The van der Waals surface area contributed by atoms with Gasteiger partial charge in [-0.15, -0.1) is 0 Å². The van der Waals surface area contributed by atoms with Crippen LogP contribution >= 0.6 is 0 Å². The van der Waals surface area contributed by atoms with Crippen LogP contribution < -0.4 is 0 Å². The van der Waals surface area contributed by atoms with Crippen LogP contribution in [0.3, 0.4) is 0 Å². The van der Waals surface area contributed by atoms with Crippen LogP contribution in [0, 0.1) is 0 Å². The van der Waals surface area contributed by atoms with Crippen molar-refractivity contribution >= 4 is 9.76 Å². The van der Waals surface area contributed by atoms with Gasteiger partial charge < -0.3 is 9.16 Å². The maximum Gasteiger partial charge on any atom is 0.191 e. The summed E-state index contributed by atoms with van der Waals surface area (Å²) in [6.45, 7) is 7.29. The highest BCUT2D eigenvalue weighted by atomic mass is 28.2. The maximum atomic E-state index is 5.78. The number of hydrogen-bond donors (Lipinski definition) is 0. The Labute approximate surface area is 77.6 Å². The Kier molecular flexibility index (Phi) is 3.74. The largest absolute Gasteiger partial charge is 0.417 e. The normalized spacial score (nSPS) is 26.8. The molecule has 1 fully saturated rings. The van der Waals surface area contributed by atoms with Crippen LogP contribution in [0.15, 0.2) is 0 Å². The lowest BCUT2D eigenvalue weighted by Crippen LogP contribution is -2.33. The SMILES string of the molecule is CC(C)(C)O[SiH2]C1CCCCO1. The predicted molar refractivity (Wildman–Crippen MR) is 53.0 cm³/mol. The van der Waals surface area contributed by atoms with Gasteiger partial charge in [-0.25, -0.2) is 0 Å². The van der Waals surface area contributed by atoms with Crippen LogP contribution in [0.25, 0.3) is 0 Å². The van der Waals surface area contributed by atoms with E-state index < -0.39 is 9.76 Å². The summed E-state index contributed by atoms with van der Waals surface area (Å²) in [5.74, 6) is 0. The molecule has 1 rings (SSSR count). The van der Waals surface area contributed by atoms with E-state index in [-0.39, 0.29) is 5.60 Å². The first-order valence-electron chi connectivity index (χ1n) is 4.83. The number of ether oxygens (including phenoxy) is 1. The minimum atomic E-state index is -0.461. The van der Waals surface area contributed by atoms with Crippen LogP contribution in [0.4, 0.5) is 0 Å². The fourth-order valence-electron chi connectivity index (χ4n) is 1.28. The summed E-state index contributed by atoms with van der Waals surface area (Å²) in [4.78, 5) is 0. The zero-order valence-corrected chi connectivity index (χ0v) is 9.84. The number of rotatable bonds is 2. The smallest absolute Gasteiger partial charge is 0.191 e. The Morgan fingerprint density at radius 1 is 1.33 bits per heavy atom. The molecule has 12 heavy (non-hydrogen) atoms. The monoisotopic (exact) mass is 188 g/mol. The zero-order chi connectivity index (χ0) is 9.03. The Balaban J connectivity index is 2.13. The molecule has 72 valence electrons. The summed E-state index contributed by atoms with van der Waals surface area (Å²) in [6.07, 6.45) is 3.79. The van der Waals surface area contributed by atoms with E-state index in [2.05, 4.69) is 20.8 Å². The lowest BCUT2D eigenvalue weighted by atomic mass is 10.2. The van der Waals surface area contributed by atoms with E-state index in [1.807, 2.05) is 0 Å². The molecule has 0 N–H and O–H groups in total. The van der Waals surface area contributed by atoms with Gasteiger partial charge in [0.25, 0.3) is 0 Å². The van der Waals surface area contributed by atoms with Gasteiger partial charge >= 0.3 is 0 Å². The third-order valence-corrected chi connectivity index (χ3v) is 4.02. The van der Waals surface area contributed by atoms with Crippen LogP contribution in [-0.2, 0) is 9.16 Å². The van der Waals surface area contributed by atoms with Gasteiger partial charge in [0.2, 0.25) is 0 Å². The first-order chi connectivity index (χ1) is 5.58. The van der Waals surface area contributed by atoms with Gasteiger partial charge in [-0.2, -0.15) is 0 Å². The molecule has 0 bridgehead atoms. The summed E-state index contributed by atoms with van der Waals surface area (Å²) in [5.41, 5.74) is 0.519. The van der Waals surface area contributed by atoms with Crippen molar-refractivity contribution in [3.05, 3.63) is 0 Å². The molecule has 3 heteroatoms.